The topological polar surface area (TPSA) is 91.6 Å². The van der Waals surface area contributed by atoms with E-state index < -0.39 is 0 Å². The molecule has 3 rings (SSSR count). The van der Waals surface area contributed by atoms with E-state index in [0.717, 1.165) is 0 Å². The number of hydrogen-bond donors (Lipinski definition) is 2. The fourth-order valence-electron chi connectivity index (χ4n) is 2.46. The van der Waals surface area contributed by atoms with Crippen molar-refractivity contribution in [3.8, 4) is 17.3 Å². The monoisotopic (exact) mass is 514 g/mol. The molecule has 0 aliphatic heterocycles. The van der Waals surface area contributed by atoms with Crippen LogP contribution in [0.2, 0.25) is 0 Å². The number of nitrogens with one attached hydrogen (secondary N) is 2. The summed E-state index contributed by atoms with van der Waals surface area (Å²) in [5.74, 6) is 2.27. The number of furan rings is 1. The number of aromatic nitrogens is 3. The van der Waals surface area contributed by atoms with E-state index in [1.54, 1.807) is 36.6 Å². The second-order valence-corrected chi connectivity index (χ2v) is 5.95. The maximum absolute atomic E-state index is 13.6. The lowest BCUT2D eigenvalue weighted by Gasteiger charge is -2.22. The van der Waals surface area contributed by atoms with Gasteiger partial charge in [0, 0.05) is 13.6 Å². The molecular weight excluding hydrogens is 490 g/mol. The number of halogens is 2. The van der Waals surface area contributed by atoms with Crippen LogP contribution in [0.15, 0.2) is 52.1 Å². The highest BCUT2D eigenvalue weighted by Crippen LogP contribution is 2.15. The number of likely N-dealkylation sites (N-methyl/N-ethyl adjacent to an activating group) is 1. The molecule has 0 radical (unpaired) electrons. The molecule has 2 N–H and O–H groups in total. The molecule has 0 bridgehead atoms. The number of rotatable bonds is 8. The van der Waals surface area contributed by atoms with E-state index in [9.17, 15) is 4.39 Å². The van der Waals surface area contributed by atoms with Gasteiger partial charge < -0.3 is 19.4 Å². The number of H-pyrrole nitrogens is 1. The van der Waals surface area contributed by atoms with Crippen LogP contribution in [0.1, 0.15) is 12.7 Å². The van der Waals surface area contributed by atoms with Crippen molar-refractivity contribution in [2.45, 2.75) is 13.5 Å². The summed E-state index contributed by atoms with van der Waals surface area (Å²) in [5.41, 5.74) is 0. The molecule has 1 aromatic carbocycles. The third kappa shape index (κ3) is 6.44. The summed E-state index contributed by atoms with van der Waals surface area (Å²) in [6.45, 7) is 3.89. The van der Waals surface area contributed by atoms with E-state index in [4.69, 9.17) is 9.15 Å². The number of benzene rings is 1. The van der Waals surface area contributed by atoms with Crippen molar-refractivity contribution in [3.63, 3.8) is 0 Å². The van der Waals surface area contributed by atoms with Crippen molar-refractivity contribution >= 4 is 29.9 Å². The molecule has 0 aliphatic carbocycles. The second-order valence-electron chi connectivity index (χ2n) is 5.95. The minimum atomic E-state index is -0.372. The van der Waals surface area contributed by atoms with E-state index in [-0.39, 0.29) is 35.5 Å². The van der Waals surface area contributed by atoms with Gasteiger partial charge in [0.25, 0.3) is 0 Å². The lowest BCUT2D eigenvalue weighted by molar-refractivity contribution is 0.270. The highest BCUT2D eigenvalue weighted by atomic mass is 127. The van der Waals surface area contributed by atoms with Gasteiger partial charge in [-0.25, -0.2) is 14.4 Å². The number of ether oxygens (including phenoxy) is 1. The molecule has 0 fully saturated rings. The Balaban J connectivity index is 0.00000300. The van der Waals surface area contributed by atoms with Crippen LogP contribution in [-0.2, 0) is 6.54 Å². The normalized spacial score (nSPS) is 11.1. The van der Waals surface area contributed by atoms with Crippen LogP contribution in [0.25, 0.3) is 11.6 Å². The van der Waals surface area contributed by atoms with Crippen molar-refractivity contribution in [2.75, 3.05) is 26.7 Å². The van der Waals surface area contributed by atoms with Crippen molar-refractivity contribution in [3.05, 3.63) is 54.3 Å². The number of aromatic amines is 1. The van der Waals surface area contributed by atoms with Crippen LogP contribution in [0.4, 0.5) is 4.39 Å². The molecule has 0 aliphatic rings. The van der Waals surface area contributed by atoms with Crippen molar-refractivity contribution in [1.82, 2.24) is 25.4 Å². The highest BCUT2D eigenvalue weighted by molar-refractivity contribution is 14.0. The van der Waals surface area contributed by atoms with Gasteiger partial charge in [-0.15, -0.1) is 29.1 Å². The minimum Gasteiger partial charge on any atom is -0.489 e. The maximum atomic E-state index is 13.6. The van der Waals surface area contributed by atoms with Crippen LogP contribution in [0.3, 0.4) is 0 Å². The summed E-state index contributed by atoms with van der Waals surface area (Å²) in [6, 6.07) is 9.93. The lowest BCUT2D eigenvalue weighted by atomic mass is 10.3. The first-order chi connectivity index (χ1) is 13.7. The largest absolute Gasteiger partial charge is 0.489 e. The summed E-state index contributed by atoms with van der Waals surface area (Å²) in [6.07, 6.45) is 1.57. The van der Waals surface area contributed by atoms with E-state index in [1.807, 2.05) is 18.9 Å². The van der Waals surface area contributed by atoms with Gasteiger partial charge in [0.05, 0.1) is 12.8 Å². The summed E-state index contributed by atoms with van der Waals surface area (Å²) in [5, 5.41) is 10.2. The first-order valence-electron chi connectivity index (χ1n) is 8.99. The number of nitrogens with zero attached hydrogens (tertiary/aromatic N) is 4. The van der Waals surface area contributed by atoms with Crippen molar-refractivity contribution in [1.29, 1.82) is 0 Å². The number of aliphatic imine (C=N–C) groups is 1. The molecule has 29 heavy (non-hydrogen) atoms. The zero-order chi connectivity index (χ0) is 19.8. The first-order valence-corrected chi connectivity index (χ1v) is 8.99. The number of para-hydroxylation sites is 1. The summed E-state index contributed by atoms with van der Waals surface area (Å²) in [4.78, 5) is 10.8. The van der Waals surface area contributed by atoms with Crippen molar-refractivity contribution in [2.24, 2.45) is 4.99 Å². The average molecular weight is 514 g/mol. The zero-order valence-electron chi connectivity index (χ0n) is 16.3. The van der Waals surface area contributed by atoms with Crippen LogP contribution >= 0.6 is 24.0 Å². The zero-order valence-corrected chi connectivity index (χ0v) is 18.6. The smallest absolute Gasteiger partial charge is 0.216 e. The Morgan fingerprint density at radius 1 is 1.31 bits per heavy atom. The van der Waals surface area contributed by atoms with E-state index in [2.05, 4.69) is 25.5 Å². The SMILES string of the molecule is CCNC(=NCc1nc(-c2ccco2)n[nH]1)N(C)CCOc1ccccc1F.I. The fraction of sp³-hybridized carbons (Fsp3) is 0.316. The Kier molecular flexibility index (Phi) is 8.90. The van der Waals surface area contributed by atoms with Gasteiger partial charge in [-0.05, 0) is 31.2 Å². The van der Waals surface area contributed by atoms with Crippen LogP contribution in [0, 0.1) is 5.82 Å². The Hall–Kier alpha value is -2.63. The fourth-order valence-corrected chi connectivity index (χ4v) is 2.46. The molecule has 2 aromatic heterocycles. The van der Waals surface area contributed by atoms with Crippen molar-refractivity contribution < 1.29 is 13.5 Å². The molecule has 2 heterocycles. The number of guanidine groups is 1. The van der Waals surface area contributed by atoms with E-state index >= 15 is 0 Å². The Morgan fingerprint density at radius 2 is 2.14 bits per heavy atom. The first kappa shape index (κ1) is 22.7. The second kappa shape index (κ2) is 11.4. The molecule has 0 spiro atoms. The Morgan fingerprint density at radius 3 is 2.86 bits per heavy atom. The lowest BCUT2D eigenvalue weighted by Crippen LogP contribution is -2.40. The van der Waals surface area contributed by atoms with Gasteiger partial charge in [0.15, 0.2) is 23.3 Å². The molecule has 0 atom stereocenters. The van der Waals surface area contributed by atoms with Crippen LogP contribution in [-0.4, -0.2) is 52.8 Å². The molecule has 156 valence electrons. The molecule has 8 nitrogen and oxygen atoms in total. The molecule has 0 saturated heterocycles. The summed E-state index contributed by atoms with van der Waals surface area (Å²) < 4.78 is 24.4. The summed E-state index contributed by atoms with van der Waals surface area (Å²) >= 11 is 0. The third-order valence-corrected chi connectivity index (χ3v) is 3.87. The predicted molar refractivity (Wildman–Crippen MR) is 119 cm³/mol. The van der Waals surface area contributed by atoms with Gasteiger partial charge in [0.1, 0.15) is 19.0 Å². The highest BCUT2D eigenvalue weighted by Gasteiger charge is 2.10. The minimum absolute atomic E-state index is 0. The quantitative estimate of drug-likeness (QED) is 0.273. The van der Waals surface area contributed by atoms with Gasteiger partial charge in [-0.3, -0.25) is 5.10 Å². The molecule has 0 unspecified atom stereocenters. The van der Waals surface area contributed by atoms with E-state index in [1.165, 1.54) is 6.07 Å². The standard InChI is InChI=1S/C19H23FN6O2.HI/c1-3-21-19(26(2)10-12-28-15-8-5-4-7-14(15)20)22-13-17-23-18(25-24-17)16-9-6-11-27-16;/h4-9,11H,3,10,12-13H2,1-2H3,(H,21,22)(H,23,24,25);1H. The van der Waals surface area contributed by atoms with Gasteiger partial charge in [0.2, 0.25) is 5.82 Å². The average Bonchev–Trinajstić information content (AvgIpc) is 3.38. The third-order valence-electron chi connectivity index (χ3n) is 3.87. The molecule has 0 saturated carbocycles. The molecule has 0 amide bonds. The Labute approximate surface area is 185 Å². The molecule has 3 aromatic rings. The van der Waals surface area contributed by atoms with Gasteiger partial charge in [-0.2, -0.15) is 0 Å². The maximum Gasteiger partial charge on any atom is 0.216 e. The van der Waals surface area contributed by atoms with Crippen LogP contribution in [0.5, 0.6) is 5.75 Å². The summed E-state index contributed by atoms with van der Waals surface area (Å²) in [7, 11) is 1.89. The van der Waals surface area contributed by atoms with Gasteiger partial charge in [-0.1, -0.05) is 12.1 Å². The van der Waals surface area contributed by atoms with E-state index in [0.29, 0.717) is 49.6 Å². The molecular formula is C19H24FIN6O2. The van der Waals surface area contributed by atoms with Gasteiger partial charge >= 0.3 is 0 Å². The van der Waals surface area contributed by atoms with Crippen LogP contribution < -0.4 is 10.1 Å². The number of hydrogen-bond acceptors (Lipinski definition) is 5. The predicted octanol–water partition coefficient (Wildman–Crippen LogP) is 3.30. The molecule has 10 heteroatoms. The Bertz CT molecular complexity index is 900.